The van der Waals surface area contributed by atoms with Gasteiger partial charge in [0.25, 0.3) is 0 Å². The van der Waals surface area contributed by atoms with Gasteiger partial charge in [-0.25, -0.2) is 0 Å². The van der Waals surface area contributed by atoms with E-state index in [4.69, 9.17) is 16.9 Å². The average molecular weight is 355 g/mol. The van der Waals surface area contributed by atoms with Crippen LogP contribution in [0.1, 0.15) is 12.0 Å². The first-order valence-electron chi connectivity index (χ1n) is 7.48. The highest BCUT2D eigenvalue weighted by atomic mass is 35.5. The van der Waals surface area contributed by atoms with Crippen LogP contribution in [0.25, 0.3) is 17.1 Å². The minimum absolute atomic E-state index is 0.474. The fourth-order valence-electron chi connectivity index (χ4n) is 2.37. The van der Waals surface area contributed by atoms with E-state index in [-0.39, 0.29) is 0 Å². The second-order valence-corrected chi connectivity index (χ2v) is 6.69. The summed E-state index contributed by atoms with van der Waals surface area (Å²) in [7, 11) is 0. The first kappa shape index (κ1) is 16.6. The second-order valence-electron chi connectivity index (χ2n) is 5.19. The molecule has 3 rings (SSSR count). The van der Waals surface area contributed by atoms with E-state index in [9.17, 15) is 0 Å². The van der Waals surface area contributed by atoms with Gasteiger partial charge in [0, 0.05) is 22.8 Å². The van der Waals surface area contributed by atoms with E-state index in [1.165, 1.54) is 11.8 Å². The van der Waals surface area contributed by atoms with Gasteiger partial charge in [0.2, 0.25) is 0 Å². The molecule has 0 N–H and O–H groups in total. The molecule has 3 aromatic rings. The lowest BCUT2D eigenvalue weighted by Gasteiger charge is -2.12. The highest BCUT2D eigenvalue weighted by Crippen LogP contribution is 2.30. The van der Waals surface area contributed by atoms with Crippen LogP contribution >= 0.6 is 23.4 Å². The van der Waals surface area contributed by atoms with E-state index in [1.807, 2.05) is 47.0 Å². The van der Waals surface area contributed by atoms with Gasteiger partial charge < -0.3 is 0 Å². The van der Waals surface area contributed by atoms with Crippen LogP contribution in [0, 0.1) is 18.3 Å². The van der Waals surface area contributed by atoms with E-state index in [1.54, 1.807) is 0 Å². The number of halogens is 1. The van der Waals surface area contributed by atoms with Crippen molar-refractivity contribution in [1.29, 1.82) is 5.26 Å². The van der Waals surface area contributed by atoms with Crippen LogP contribution in [0.5, 0.6) is 0 Å². The zero-order valence-electron chi connectivity index (χ0n) is 13.1. The maximum Gasteiger partial charge on any atom is 0.196 e. The topological polar surface area (TPSA) is 54.5 Å². The molecule has 0 aliphatic rings. The molecular formula is C18H15ClN4S. The Labute approximate surface area is 150 Å². The fourth-order valence-corrected chi connectivity index (χ4v) is 3.28. The quantitative estimate of drug-likeness (QED) is 0.483. The number of thioether (sulfide) groups is 1. The summed E-state index contributed by atoms with van der Waals surface area (Å²) in [5.74, 6) is 1.45. The van der Waals surface area contributed by atoms with Crippen LogP contribution in [0.3, 0.4) is 0 Å². The lowest BCUT2D eigenvalue weighted by Crippen LogP contribution is -2.02. The summed E-state index contributed by atoms with van der Waals surface area (Å²) in [5.41, 5.74) is 3.11. The highest BCUT2D eigenvalue weighted by Gasteiger charge is 2.17. The molecule has 0 radical (unpaired) electrons. The summed E-state index contributed by atoms with van der Waals surface area (Å²) in [5, 5.41) is 18.9. The number of benzene rings is 2. The van der Waals surface area contributed by atoms with E-state index in [0.29, 0.717) is 17.2 Å². The summed E-state index contributed by atoms with van der Waals surface area (Å²) in [6.07, 6.45) is 0.474. The van der Waals surface area contributed by atoms with Gasteiger partial charge in [-0.2, -0.15) is 5.26 Å². The minimum Gasteiger partial charge on any atom is -0.270 e. The number of hydrogen-bond acceptors (Lipinski definition) is 4. The SMILES string of the molecule is Cc1ccccc1-n1c(SCCC#N)nnc1-c1ccc(Cl)cc1. The van der Waals surface area contributed by atoms with Crippen LogP contribution in [0.15, 0.2) is 53.7 Å². The molecule has 0 amide bonds. The molecule has 0 aliphatic heterocycles. The van der Waals surface area contributed by atoms with Crippen molar-refractivity contribution < 1.29 is 0 Å². The molecule has 0 bridgehead atoms. The van der Waals surface area contributed by atoms with Gasteiger partial charge in [-0.3, -0.25) is 4.57 Å². The van der Waals surface area contributed by atoms with Gasteiger partial charge in [0.15, 0.2) is 11.0 Å². The molecule has 120 valence electrons. The number of hydrogen-bond donors (Lipinski definition) is 0. The monoisotopic (exact) mass is 354 g/mol. The molecule has 1 aromatic heterocycles. The first-order chi connectivity index (χ1) is 11.7. The molecule has 0 aliphatic carbocycles. The number of rotatable bonds is 5. The van der Waals surface area contributed by atoms with Crippen molar-refractivity contribution in [2.24, 2.45) is 0 Å². The Balaban J connectivity index is 2.11. The average Bonchev–Trinajstić information content (AvgIpc) is 3.00. The third kappa shape index (κ3) is 3.45. The zero-order chi connectivity index (χ0) is 16.9. The van der Waals surface area contributed by atoms with Crippen LogP contribution in [0.2, 0.25) is 5.02 Å². The molecule has 0 atom stereocenters. The van der Waals surface area contributed by atoms with Crippen molar-refractivity contribution in [2.45, 2.75) is 18.5 Å². The number of para-hydroxylation sites is 1. The van der Waals surface area contributed by atoms with Gasteiger partial charge in [0.1, 0.15) is 0 Å². The van der Waals surface area contributed by atoms with Crippen LogP contribution in [0.4, 0.5) is 0 Å². The Hall–Kier alpha value is -2.29. The van der Waals surface area contributed by atoms with Crippen molar-refractivity contribution in [1.82, 2.24) is 14.8 Å². The second kappa shape index (κ2) is 7.52. The molecule has 0 saturated heterocycles. The normalized spacial score (nSPS) is 10.5. The molecule has 4 nitrogen and oxygen atoms in total. The predicted molar refractivity (Wildman–Crippen MR) is 97.5 cm³/mol. The zero-order valence-corrected chi connectivity index (χ0v) is 14.7. The molecule has 24 heavy (non-hydrogen) atoms. The Bertz CT molecular complexity index is 881. The van der Waals surface area contributed by atoms with Crippen LogP contribution in [-0.2, 0) is 0 Å². The summed E-state index contributed by atoms with van der Waals surface area (Å²) in [6.45, 7) is 2.06. The van der Waals surface area contributed by atoms with E-state index < -0.39 is 0 Å². The van der Waals surface area contributed by atoms with Crippen LogP contribution < -0.4 is 0 Å². The van der Waals surface area contributed by atoms with E-state index >= 15 is 0 Å². The number of aryl methyl sites for hydroxylation is 1. The van der Waals surface area contributed by atoms with Crippen molar-refractivity contribution in [3.05, 3.63) is 59.1 Å². The minimum atomic E-state index is 0.474. The van der Waals surface area contributed by atoms with Crippen LogP contribution in [-0.4, -0.2) is 20.5 Å². The molecule has 0 saturated carbocycles. The molecular weight excluding hydrogens is 340 g/mol. The molecule has 0 spiro atoms. The third-order valence-electron chi connectivity index (χ3n) is 3.54. The van der Waals surface area contributed by atoms with E-state index in [0.717, 1.165) is 27.8 Å². The summed E-state index contributed by atoms with van der Waals surface area (Å²) >= 11 is 7.53. The van der Waals surface area contributed by atoms with Crippen molar-refractivity contribution in [3.63, 3.8) is 0 Å². The van der Waals surface area contributed by atoms with Gasteiger partial charge in [-0.05, 0) is 42.8 Å². The maximum absolute atomic E-state index is 8.77. The summed E-state index contributed by atoms with van der Waals surface area (Å²) < 4.78 is 2.04. The number of nitrogens with zero attached hydrogens (tertiary/aromatic N) is 4. The molecule has 0 fully saturated rings. The standard InChI is InChI=1S/C18H15ClN4S/c1-13-5-2-3-6-16(13)23-17(14-7-9-15(19)10-8-14)21-22-18(23)24-12-4-11-20/h2-3,5-10H,4,12H2,1H3. The molecule has 1 heterocycles. The van der Waals surface area contributed by atoms with Gasteiger partial charge in [-0.15, -0.1) is 10.2 Å². The lowest BCUT2D eigenvalue weighted by atomic mass is 10.1. The van der Waals surface area contributed by atoms with Crippen molar-refractivity contribution >= 4 is 23.4 Å². The molecule has 2 aromatic carbocycles. The number of nitriles is 1. The fraction of sp³-hybridized carbons (Fsp3) is 0.167. The highest BCUT2D eigenvalue weighted by molar-refractivity contribution is 7.99. The lowest BCUT2D eigenvalue weighted by molar-refractivity contribution is 0.880. The van der Waals surface area contributed by atoms with Gasteiger partial charge in [0.05, 0.1) is 11.8 Å². The molecule has 6 heteroatoms. The maximum atomic E-state index is 8.77. The third-order valence-corrected chi connectivity index (χ3v) is 4.72. The van der Waals surface area contributed by atoms with E-state index in [2.05, 4.69) is 29.3 Å². The Kier molecular flexibility index (Phi) is 5.19. The number of aromatic nitrogens is 3. The van der Waals surface area contributed by atoms with Gasteiger partial charge >= 0.3 is 0 Å². The van der Waals surface area contributed by atoms with Crippen molar-refractivity contribution in [2.75, 3.05) is 5.75 Å². The predicted octanol–water partition coefficient (Wildman–Crippen LogP) is 4.90. The largest absolute Gasteiger partial charge is 0.270 e. The smallest absolute Gasteiger partial charge is 0.196 e. The summed E-state index contributed by atoms with van der Waals surface area (Å²) in [6, 6.07) is 17.8. The Morgan fingerprint density at radius 3 is 2.58 bits per heavy atom. The Morgan fingerprint density at radius 1 is 1.12 bits per heavy atom. The van der Waals surface area contributed by atoms with Crippen molar-refractivity contribution in [3.8, 4) is 23.1 Å². The molecule has 0 unspecified atom stereocenters. The first-order valence-corrected chi connectivity index (χ1v) is 8.84. The Morgan fingerprint density at radius 2 is 1.88 bits per heavy atom. The van der Waals surface area contributed by atoms with Gasteiger partial charge in [-0.1, -0.05) is 41.6 Å². The summed E-state index contributed by atoms with van der Waals surface area (Å²) in [4.78, 5) is 0.